The summed E-state index contributed by atoms with van der Waals surface area (Å²) in [4.78, 5) is 2.23. The third-order valence-corrected chi connectivity index (χ3v) is 2.46. The summed E-state index contributed by atoms with van der Waals surface area (Å²) in [6.45, 7) is 12.8. The van der Waals surface area contributed by atoms with E-state index in [0.717, 1.165) is 32.8 Å². The minimum atomic E-state index is 0.0874. The van der Waals surface area contributed by atoms with Crippen LogP contribution in [0.5, 0.6) is 0 Å². The molecule has 0 aromatic carbocycles. The van der Waals surface area contributed by atoms with Crippen molar-refractivity contribution in [1.29, 1.82) is 0 Å². The van der Waals surface area contributed by atoms with Gasteiger partial charge < -0.3 is 15.0 Å². The quantitative estimate of drug-likeness (QED) is 0.641. The number of nitrogens with zero attached hydrogens (tertiary/aromatic N) is 1. The molecule has 1 rings (SSSR count). The van der Waals surface area contributed by atoms with Gasteiger partial charge >= 0.3 is 0 Å². The van der Waals surface area contributed by atoms with Crippen LogP contribution in [0.1, 0.15) is 13.8 Å². The van der Waals surface area contributed by atoms with E-state index in [4.69, 9.17) is 4.74 Å². The molecule has 0 aliphatic carbocycles. The van der Waals surface area contributed by atoms with E-state index >= 15 is 0 Å². The lowest BCUT2D eigenvalue weighted by Crippen LogP contribution is -2.59. The number of hydrogen-bond acceptors (Lipinski definition) is 3. The van der Waals surface area contributed by atoms with E-state index in [-0.39, 0.29) is 5.60 Å². The van der Waals surface area contributed by atoms with E-state index in [1.165, 1.54) is 5.57 Å². The smallest absolute Gasteiger partial charge is 0.0902 e. The number of likely N-dealkylation sites (N-methyl/N-ethyl adjacent to an activating group) is 1. The van der Waals surface area contributed by atoms with Gasteiger partial charge in [-0.25, -0.2) is 0 Å². The highest BCUT2D eigenvalue weighted by Gasteiger charge is 2.32. The van der Waals surface area contributed by atoms with Gasteiger partial charge in [0.15, 0.2) is 0 Å². The first kappa shape index (κ1) is 11.7. The lowest BCUT2D eigenvalue weighted by atomic mass is 10.0. The molecule has 0 atom stereocenters. The second-order valence-corrected chi connectivity index (χ2v) is 4.60. The monoisotopic (exact) mass is 198 g/mol. The van der Waals surface area contributed by atoms with Crippen molar-refractivity contribution >= 4 is 0 Å². The van der Waals surface area contributed by atoms with Crippen molar-refractivity contribution in [1.82, 2.24) is 10.2 Å². The summed E-state index contributed by atoms with van der Waals surface area (Å²) in [5.41, 5.74) is 1.29. The number of hydrogen-bond donors (Lipinski definition) is 1. The predicted molar refractivity (Wildman–Crippen MR) is 59.5 cm³/mol. The summed E-state index contributed by atoms with van der Waals surface area (Å²) in [7, 11) is 2.10. The average molecular weight is 198 g/mol. The Bertz CT molecular complexity index is 199. The molecular weight excluding hydrogens is 176 g/mol. The Morgan fingerprint density at radius 2 is 2.21 bits per heavy atom. The minimum absolute atomic E-state index is 0.0874. The Hall–Kier alpha value is -0.380. The SMILES string of the molecule is C=C(C)CN(C)CCOC1(C)CNC1. The lowest BCUT2D eigenvalue weighted by Gasteiger charge is -2.39. The maximum Gasteiger partial charge on any atom is 0.0902 e. The molecule has 3 heteroatoms. The third-order valence-electron chi connectivity index (χ3n) is 2.46. The summed E-state index contributed by atoms with van der Waals surface area (Å²) in [5, 5.41) is 3.22. The van der Waals surface area contributed by atoms with Crippen LogP contribution >= 0.6 is 0 Å². The number of nitrogens with one attached hydrogen (secondary N) is 1. The van der Waals surface area contributed by atoms with Crippen LogP contribution in [0, 0.1) is 0 Å². The molecule has 0 aromatic rings. The Morgan fingerprint density at radius 3 is 2.64 bits per heavy atom. The Balaban J connectivity index is 2.05. The summed E-state index contributed by atoms with van der Waals surface area (Å²) in [6, 6.07) is 0. The topological polar surface area (TPSA) is 24.5 Å². The zero-order valence-electron chi connectivity index (χ0n) is 9.60. The van der Waals surface area contributed by atoms with Crippen LogP contribution < -0.4 is 5.32 Å². The van der Waals surface area contributed by atoms with E-state index in [1.54, 1.807) is 0 Å². The molecule has 3 nitrogen and oxygen atoms in total. The first-order valence-corrected chi connectivity index (χ1v) is 5.19. The standard InChI is InChI=1S/C11H22N2O/c1-10(2)7-13(4)5-6-14-11(3)8-12-9-11/h12H,1,5-9H2,2-4H3. The van der Waals surface area contributed by atoms with Gasteiger partial charge in [0.25, 0.3) is 0 Å². The van der Waals surface area contributed by atoms with E-state index in [0.29, 0.717) is 0 Å². The molecule has 1 N–H and O–H groups in total. The predicted octanol–water partition coefficient (Wildman–Crippen LogP) is 0.873. The van der Waals surface area contributed by atoms with E-state index in [1.807, 2.05) is 0 Å². The molecule has 1 aliphatic rings. The summed E-state index contributed by atoms with van der Waals surface area (Å²) in [6.07, 6.45) is 0. The maximum absolute atomic E-state index is 5.78. The van der Waals surface area contributed by atoms with Crippen molar-refractivity contribution in [3.8, 4) is 0 Å². The molecule has 82 valence electrons. The van der Waals surface area contributed by atoms with Gasteiger partial charge in [-0.15, -0.1) is 0 Å². The van der Waals surface area contributed by atoms with Gasteiger partial charge in [0.1, 0.15) is 0 Å². The zero-order valence-corrected chi connectivity index (χ0v) is 9.60. The third kappa shape index (κ3) is 3.78. The van der Waals surface area contributed by atoms with Crippen LogP contribution in [0.25, 0.3) is 0 Å². The van der Waals surface area contributed by atoms with E-state index < -0.39 is 0 Å². The molecule has 1 saturated heterocycles. The second kappa shape index (κ2) is 4.91. The normalized spacial score (nSPS) is 19.4. The molecule has 1 heterocycles. The van der Waals surface area contributed by atoms with Crippen LogP contribution in [0.15, 0.2) is 12.2 Å². The molecule has 1 fully saturated rings. The van der Waals surface area contributed by atoms with Gasteiger partial charge in [0.05, 0.1) is 12.2 Å². The van der Waals surface area contributed by atoms with Crippen molar-refractivity contribution in [2.24, 2.45) is 0 Å². The highest BCUT2D eigenvalue weighted by atomic mass is 16.5. The van der Waals surface area contributed by atoms with E-state index in [2.05, 4.69) is 37.7 Å². The lowest BCUT2D eigenvalue weighted by molar-refractivity contribution is -0.0704. The van der Waals surface area contributed by atoms with Crippen molar-refractivity contribution in [3.63, 3.8) is 0 Å². The van der Waals surface area contributed by atoms with Crippen LogP contribution in [-0.2, 0) is 4.74 Å². The minimum Gasteiger partial charge on any atom is -0.371 e. The zero-order chi connectivity index (χ0) is 10.6. The molecule has 0 unspecified atom stereocenters. The molecule has 0 bridgehead atoms. The van der Waals surface area contributed by atoms with Crippen LogP contribution in [0.3, 0.4) is 0 Å². The molecule has 14 heavy (non-hydrogen) atoms. The Morgan fingerprint density at radius 1 is 1.57 bits per heavy atom. The first-order valence-electron chi connectivity index (χ1n) is 5.19. The molecule has 0 aromatic heterocycles. The fraction of sp³-hybridized carbons (Fsp3) is 0.818. The second-order valence-electron chi connectivity index (χ2n) is 4.60. The number of rotatable bonds is 6. The fourth-order valence-electron chi connectivity index (χ4n) is 1.57. The Kier molecular flexibility index (Phi) is 4.11. The summed E-state index contributed by atoms with van der Waals surface area (Å²) < 4.78 is 5.78. The van der Waals surface area contributed by atoms with Gasteiger partial charge in [-0.3, -0.25) is 0 Å². The van der Waals surface area contributed by atoms with Crippen molar-refractivity contribution in [2.75, 3.05) is 39.8 Å². The largest absolute Gasteiger partial charge is 0.371 e. The molecule has 1 aliphatic heterocycles. The van der Waals surface area contributed by atoms with Crippen molar-refractivity contribution in [2.45, 2.75) is 19.4 Å². The van der Waals surface area contributed by atoms with Gasteiger partial charge in [0, 0.05) is 26.2 Å². The van der Waals surface area contributed by atoms with Crippen LogP contribution in [0.4, 0.5) is 0 Å². The number of ether oxygens (including phenoxy) is 1. The maximum atomic E-state index is 5.78. The van der Waals surface area contributed by atoms with Crippen molar-refractivity contribution < 1.29 is 4.74 Å². The highest BCUT2D eigenvalue weighted by molar-refractivity contribution is 4.92. The Labute approximate surface area is 87.1 Å². The van der Waals surface area contributed by atoms with Gasteiger partial charge in [-0.1, -0.05) is 12.2 Å². The molecule has 0 spiro atoms. The van der Waals surface area contributed by atoms with Gasteiger partial charge in [0.2, 0.25) is 0 Å². The first-order chi connectivity index (χ1) is 6.52. The molecule has 0 amide bonds. The van der Waals surface area contributed by atoms with Crippen LogP contribution in [0.2, 0.25) is 0 Å². The molecule has 0 radical (unpaired) electrons. The summed E-state index contributed by atoms with van der Waals surface area (Å²) in [5.74, 6) is 0. The summed E-state index contributed by atoms with van der Waals surface area (Å²) >= 11 is 0. The highest BCUT2D eigenvalue weighted by Crippen LogP contribution is 2.14. The average Bonchev–Trinajstić information content (AvgIpc) is 1.99. The molecule has 0 saturated carbocycles. The molecular formula is C11H22N2O. The van der Waals surface area contributed by atoms with Gasteiger partial charge in [-0.2, -0.15) is 0 Å². The van der Waals surface area contributed by atoms with Crippen molar-refractivity contribution in [3.05, 3.63) is 12.2 Å². The fourth-order valence-corrected chi connectivity index (χ4v) is 1.57. The van der Waals surface area contributed by atoms with Gasteiger partial charge in [-0.05, 0) is 20.9 Å². The van der Waals surface area contributed by atoms with E-state index in [9.17, 15) is 0 Å². The van der Waals surface area contributed by atoms with Crippen LogP contribution in [-0.4, -0.2) is 50.3 Å².